The zero-order chi connectivity index (χ0) is 15.4. The number of benzene rings is 1. The Balaban J connectivity index is 1.51. The minimum atomic E-state index is 0.768. The van der Waals surface area contributed by atoms with Gasteiger partial charge in [-0.15, -0.1) is 0 Å². The monoisotopic (exact) mass is 298 g/mol. The molecule has 1 unspecified atom stereocenters. The minimum absolute atomic E-state index is 0.768. The van der Waals surface area contributed by atoms with Gasteiger partial charge in [-0.25, -0.2) is 0 Å². The van der Waals surface area contributed by atoms with Gasteiger partial charge in [0.1, 0.15) is 0 Å². The molecule has 0 saturated carbocycles. The molecule has 1 aromatic carbocycles. The summed E-state index contributed by atoms with van der Waals surface area (Å²) in [5.41, 5.74) is 3.38. The van der Waals surface area contributed by atoms with E-state index in [9.17, 15) is 0 Å². The second-order valence-corrected chi connectivity index (χ2v) is 6.45. The summed E-state index contributed by atoms with van der Waals surface area (Å²) in [6.07, 6.45) is 3.96. The zero-order valence-corrected chi connectivity index (χ0v) is 13.6. The number of nitrogens with one attached hydrogen (secondary N) is 1. The first-order valence-electron chi connectivity index (χ1n) is 8.21. The Morgan fingerprint density at radius 1 is 1.32 bits per heavy atom. The highest BCUT2D eigenvalue weighted by Crippen LogP contribution is 2.19. The maximum absolute atomic E-state index is 4.43. The summed E-state index contributed by atoms with van der Waals surface area (Å²) < 4.78 is 0. The van der Waals surface area contributed by atoms with Crippen LogP contribution in [-0.2, 0) is 6.54 Å². The van der Waals surface area contributed by atoms with Crippen molar-refractivity contribution in [1.29, 1.82) is 0 Å². The van der Waals surface area contributed by atoms with Gasteiger partial charge in [-0.2, -0.15) is 5.10 Å². The van der Waals surface area contributed by atoms with Gasteiger partial charge >= 0.3 is 0 Å². The fraction of sp³-hybridized carbons (Fsp3) is 0.500. The van der Waals surface area contributed by atoms with Gasteiger partial charge in [0.15, 0.2) is 0 Å². The van der Waals surface area contributed by atoms with Crippen molar-refractivity contribution in [2.75, 3.05) is 27.2 Å². The second kappa shape index (κ2) is 7.07. The van der Waals surface area contributed by atoms with Gasteiger partial charge in [0, 0.05) is 23.8 Å². The van der Waals surface area contributed by atoms with E-state index in [2.05, 4.69) is 52.3 Å². The molecule has 1 aliphatic rings. The van der Waals surface area contributed by atoms with Crippen molar-refractivity contribution in [3.8, 4) is 11.3 Å². The highest BCUT2D eigenvalue weighted by atomic mass is 15.2. The van der Waals surface area contributed by atoms with E-state index in [4.69, 9.17) is 0 Å². The van der Waals surface area contributed by atoms with Gasteiger partial charge in [-0.05, 0) is 52.5 Å². The summed E-state index contributed by atoms with van der Waals surface area (Å²) in [6, 6.07) is 13.3. The van der Waals surface area contributed by atoms with Crippen LogP contribution in [0.3, 0.4) is 0 Å². The average molecular weight is 298 g/mol. The lowest BCUT2D eigenvalue weighted by molar-refractivity contribution is 0.244. The van der Waals surface area contributed by atoms with Gasteiger partial charge in [0.2, 0.25) is 0 Å². The van der Waals surface area contributed by atoms with E-state index in [0.717, 1.165) is 24.8 Å². The Kier molecular flexibility index (Phi) is 4.90. The van der Waals surface area contributed by atoms with E-state index in [0.29, 0.717) is 0 Å². The molecule has 3 rings (SSSR count). The number of aromatic amines is 1. The lowest BCUT2D eigenvalue weighted by Crippen LogP contribution is -2.30. The molecule has 2 heterocycles. The third-order valence-corrected chi connectivity index (χ3v) is 4.66. The number of hydrogen-bond donors (Lipinski definition) is 1. The Morgan fingerprint density at radius 2 is 2.14 bits per heavy atom. The molecule has 22 heavy (non-hydrogen) atoms. The molecule has 0 radical (unpaired) electrons. The van der Waals surface area contributed by atoms with Gasteiger partial charge in [-0.3, -0.25) is 5.10 Å². The Bertz CT molecular complexity index is 578. The highest BCUT2D eigenvalue weighted by Gasteiger charge is 2.20. The highest BCUT2D eigenvalue weighted by molar-refractivity contribution is 5.58. The summed E-state index contributed by atoms with van der Waals surface area (Å²) in [5.74, 6) is 0. The Morgan fingerprint density at radius 3 is 2.86 bits per heavy atom. The Labute approximate surface area is 133 Å². The second-order valence-electron chi connectivity index (χ2n) is 6.45. The molecule has 1 saturated heterocycles. The van der Waals surface area contributed by atoms with Crippen LogP contribution in [0.15, 0.2) is 36.4 Å². The number of rotatable bonds is 6. The van der Waals surface area contributed by atoms with E-state index >= 15 is 0 Å². The van der Waals surface area contributed by atoms with Crippen LogP contribution >= 0.6 is 0 Å². The molecule has 0 spiro atoms. The fourth-order valence-electron chi connectivity index (χ4n) is 3.28. The molecule has 2 aromatic rings. The van der Waals surface area contributed by atoms with E-state index in [1.807, 2.05) is 18.2 Å². The number of H-pyrrole nitrogens is 1. The molecule has 0 aliphatic carbocycles. The van der Waals surface area contributed by atoms with E-state index in [-0.39, 0.29) is 0 Å². The lowest BCUT2D eigenvalue weighted by Gasteiger charge is -2.22. The summed E-state index contributed by atoms with van der Waals surface area (Å²) in [7, 11) is 4.44. The maximum atomic E-state index is 4.43. The molecule has 1 aromatic heterocycles. The SMILES string of the molecule is CN(CCC1CCCN1C)Cc1cc(-c2ccccc2)n[nH]1. The van der Waals surface area contributed by atoms with Gasteiger partial charge in [0.25, 0.3) is 0 Å². The molecular weight excluding hydrogens is 272 g/mol. The van der Waals surface area contributed by atoms with E-state index in [1.165, 1.54) is 37.1 Å². The Hall–Kier alpha value is -1.65. The predicted molar refractivity (Wildman–Crippen MR) is 90.6 cm³/mol. The third kappa shape index (κ3) is 3.76. The predicted octanol–water partition coefficient (Wildman–Crippen LogP) is 2.99. The normalized spacial score (nSPS) is 19.1. The molecular formula is C18H26N4. The molecule has 4 heteroatoms. The van der Waals surface area contributed by atoms with Crippen molar-refractivity contribution in [3.05, 3.63) is 42.1 Å². The quantitative estimate of drug-likeness (QED) is 0.890. The van der Waals surface area contributed by atoms with Crippen LogP contribution < -0.4 is 0 Å². The number of likely N-dealkylation sites (tertiary alicyclic amines) is 1. The zero-order valence-electron chi connectivity index (χ0n) is 13.6. The van der Waals surface area contributed by atoms with Crippen molar-refractivity contribution in [2.45, 2.75) is 31.8 Å². The topological polar surface area (TPSA) is 35.2 Å². The molecule has 1 atom stereocenters. The van der Waals surface area contributed by atoms with Crippen LogP contribution in [0.2, 0.25) is 0 Å². The smallest absolute Gasteiger partial charge is 0.0924 e. The van der Waals surface area contributed by atoms with Gasteiger partial charge < -0.3 is 9.80 Å². The third-order valence-electron chi connectivity index (χ3n) is 4.66. The van der Waals surface area contributed by atoms with E-state index < -0.39 is 0 Å². The van der Waals surface area contributed by atoms with Crippen LogP contribution in [0.5, 0.6) is 0 Å². The van der Waals surface area contributed by atoms with Crippen molar-refractivity contribution in [2.24, 2.45) is 0 Å². The average Bonchev–Trinajstić information content (AvgIpc) is 3.15. The maximum Gasteiger partial charge on any atom is 0.0924 e. The number of hydrogen-bond acceptors (Lipinski definition) is 3. The molecule has 1 N–H and O–H groups in total. The minimum Gasteiger partial charge on any atom is -0.303 e. The van der Waals surface area contributed by atoms with E-state index in [1.54, 1.807) is 0 Å². The van der Waals surface area contributed by atoms with Gasteiger partial charge in [0.05, 0.1) is 5.69 Å². The van der Waals surface area contributed by atoms with Crippen LogP contribution in [0, 0.1) is 0 Å². The largest absolute Gasteiger partial charge is 0.303 e. The molecule has 1 aliphatic heterocycles. The lowest BCUT2D eigenvalue weighted by atomic mass is 10.1. The van der Waals surface area contributed by atoms with Crippen LogP contribution in [0.1, 0.15) is 25.0 Å². The first-order chi connectivity index (χ1) is 10.7. The molecule has 118 valence electrons. The first-order valence-corrected chi connectivity index (χ1v) is 8.21. The first kappa shape index (κ1) is 15.3. The molecule has 1 fully saturated rings. The van der Waals surface area contributed by atoms with Crippen molar-refractivity contribution in [1.82, 2.24) is 20.0 Å². The standard InChI is InChI=1S/C18H26N4/c1-21(12-10-17-9-6-11-22(17)2)14-16-13-18(20-19-16)15-7-4-3-5-8-15/h3-5,7-8,13,17H,6,9-12,14H2,1-2H3,(H,19,20). The summed E-state index contributed by atoms with van der Waals surface area (Å²) in [6.45, 7) is 3.32. The molecule has 0 bridgehead atoms. The van der Waals surface area contributed by atoms with Crippen LogP contribution in [-0.4, -0.2) is 53.2 Å². The summed E-state index contributed by atoms with van der Waals surface area (Å²) in [4.78, 5) is 4.88. The molecule has 0 amide bonds. The summed E-state index contributed by atoms with van der Waals surface area (Å²) in [5, 5.41) is 7.60. The molecule has 4 nitrogen and oxygen atoms in total. The van der Waals surface area contributed by atoms with Crippen molar-refractivity contribution < 1.29 is 0 Å². The van der Waals surface area contributed by atoms with Gasteiger partial charge in [-0.1, -0.05) is 30.3 Å². The van der Waals surface area contributed by atoms with Crippen LogP contribution in [0.25, 0.3) is 11.3 Å². The summed E-state index contributed by atoms with van der Waals surface area (Å²) >= 11 is 0. The van der Waals surface area contributed by atoms with Crippen molar-refractivity contribution in [3.63, 3.8) is 0 Å². The van der Waals surface area contributed by atoms with Crippen LogP contribution in [0.4, 0.5) is 0 Å². The number of nitrogens with zero attached hydrogens (tertiary/aromatic N) is 3. The fourth-order valence-corrected chi connectivity index (χ4v) is 3.28. The number of aromatic nitrogens is 2. The van der Waals surface area contributed by atoms with Crippen molar-refractivity contribution >= 4 is 0 Å².